The van der Waals surface area contributed by atoms with Crippen molar-refractivity contribution in [3.63, 3.8) is 0 Å². The van der Waals surface area contributed by atoms with Crippen LogP contribution in [0.3, 0.4) is 0 Å². The lowest BCUT2D eigenvalue weighted by molar-refractivity contribution is 0.0649. The minimum Gasteiger partial charge on any atom is -0.457 e. The highest BCUT2D eigenvalue weighted by Crippen LogP contribution is 2.23. The summed E-state index contributed by atoms with van der Waals surface area (Å²) in [5, 5.41) is 9.02. The number of aliphatic hydroxyl groups is 1. The van der Waals surface area contributed by atoms with Gasteiger partial charge in [-0.2, -0.15) is 0 Å². The monoisotopic (exact) mass is 287 g/mol. The third-order valence-corrected chi connectivity index (χ3v) is 3.62. The first kappa shape index (κ1) is 11.7. The lowest BCUT2D eigenvalue weighted by atomic mass is 9.97. The Morgan fingerprint density at radius 1 is 1.56 bits per heavy atom. The highest BCUT2D eigenvalue weighted by atomic mass is 79.9. The SMILES string of the molecule is O=C(c1ccoc1Br)N1CCC(CO)CC1. The maximum absolute atomic E-state index is 12.1. The van der Waals surface area contributed by atoms with Gasteiger partial charge in [-0.3, -0.25) is 4.79 Å². The first-order chi connectivity index (χ1) is 7.72. The highest BCUT2D eigenvalue weighted by molar-refractivity contribution is 9.10. The van der Waals surface area contributed by atoms with E-state index in [9.17, 15) is 4.79 Å². The summed E-state index contributed by atoms with van der Waals surface area (Å²) < 4.78 is 5.54. The zero-order chi connectivity index (χ0) is 11.5. The molecule has 1 amide bonds. The summed E-state index contributed by atoms with van der Waals surface area (Å²) in [5.74, 6) is 0.342. The van der Waals surface area contributed by atoms with Crippen LogP contribution in [0, 0.1) is 5.92 Å². The number of piperidine rings is 1. The molecule has 0 unspecified atom stereocenters. The van der Waals surface area contributed by atoms with Crippen molar-refractivity contribution >= 4 is 21.8 Å². The van der Waals surface area contributed by atoms with Gasteiger partial charge in [0.15, 0.2) is 4.67 Å². The standard InChI is InChI=1S/C11H14BrNO3/c12-10-9(3-6-16-10)11(15)13-4-1-8(7-14)2-5-13/h3,6,8,14H,1-2,4-5,7H2. The number of hydrogen-bond donors (Lipinski definition) is 1. The number of carbonyl (C=O) groups is 1. The maximum atomic E-state index is 12.1. The molecule has 1 N–H and O–H groups in total. The highest BCUT2D eigenvalue weighted by Gasteiger charge is 2.25. The zero-order valence-electron chi connectivity index (χ0n) is 8.86. The summed E-state index contributed by atoms with van der Waals surface area (Å²) in [6.07, 6.45) is 3.24. The van der Waals surface area contributed by atoms with Gasteiger partial charge in [0, 0.05) is 19.7 Å². The Bertz CT molecular complexity index is 369. The summed E-state index contributed by atoms with van der Waals surface area (Å²) in [7, 11) is 0. The molecule has 0 saturated carbocycles. The van der Waals surface area contributed by atoms with Gasteiger partial charge in [0.05, 0.1) is 11.8 Å². The van der Waals surface area contributed by atoms with E-state index < -0.39 is 0 Å². The molecule has 4 nitrogen and oxygen atoms in total. The molecule has 0 radical (unpaired) electrons. The largest absolute Gasteiger partial charge is 0.457 e. The Kier molecular flexibility index (Phi) is 3.66. The van der Waals surface area contributed by atoms with E-state index in [0.29, 0.717) is 29.2 Å². The fraction of sp³-hybridized carbons (Fsp3) is 0.545. The third-order valence-electron chi connectivity index (χ3n) is 3.01. The quantitative estimate of drug-likeness (QED) is 0.904. The number of furan rings is 1. The number of carbonyl (C=O) groups excluding carboxylic acids is 1. The molecule has 1 aliphatic heterocycles. The molecule has 1 saturated heterocycles. The van der Waals surface area contributed by atoms with E-state index >= 15 is 0 Å². The van der Waals surface area contributed by atoms with Crippen molar-refractivity contribution in [1.29, 1.82) is 0 Å². The van der Waals surface area contributed by atoms with Crippen LogP contribution in [0.5, 0.6) is 0 Å². The minimum atomic E-state index is -0.00276. The van der Waals surface area contributed by atoms with E-state index in [1.165, 1.54) is 6.26 Å². The molecule has 2 rings (SSSR count). The van der Waals surface area contributed by atoms with Gasteiger partial charge in [-0.05, 0) is 40.8 Å². The van der Waals surface area contributed by atoms with Crippen molar-refractivity contribution < 1.29 is 14.3 Å². The van der Waals surface area contributed by atoms with E-state index in [0.717, 1.165) is 12.8 Å². The molecule has 5 heteroatoms. The number of nitrogens with zero attached hydrogens (tertiary/aromatic N) is 1. The predicted molar refractivity (Wildman–Crippen MR) is 62.1 cm³/mol. The fourth-order valence-electron chi connectivity index (χ4n) is 1.94. The van der Waals surface area contributed by atoms with Gasteiger partial charge < -0.3 is 14.4 Å². The van der Waals surface area contributed by atoms with Crippen molar-refractivity contribution in [2.45, 2.75) is 12.8 Å². The molecule has 1 aliphatic rings. The predicted octanol–water partition coefficient (Wildman–Crippen LogP) is 1.89. The van der Waals surface area contributed by atoms with Crippen molar-refractivity contribution in [2.75, 3.05) is 19.7 Å². The minimum absolute atomic E-state index is 0.00276. The van der Waals surface area contributed by atoms with Crippen LogP contribution in [-0.2, 0) is 0 Å². The van der Waals surface area contributed by atoms with E-state index in [1.54, 1.807) is 6.07 Å². The van der Waals surface area contributed by atoms with Gasteiger partial charge in [0.25, 0.3) is 5.91 Å². The molecule has 1 aromatic rings. The molecule has 0 aromatic carbocycles. The van der Waals surface area contributed by atoms with Crippen molar-refractivity contribution in [3.8, 4) is 0 Å². The average Bonchev–Trinajstić information content (AvgIpc) is 2.75. The lowest BCUT2D eigenvalue weighted by Gasteiger charge is -2.30. The van der Waals surface area contributed by atoms with Gasteiger partial charge in [-0.1, -0.05) is 0 Å². The Balaban J connectivity index is 2.00. The van der Waals surface area contributed by atoms with Crippen molar-refractivity contribution in [1.82, 2.24) is 4.90 Å². The average molecular weight is 288 g/mol. The van der Waals surface area contributed by atoms with Gasteiger partial charge >= 0.3 is 0 Å². The second-order valence-electron chi connectivity index (χ2n) is 4.03. The summed E-state index contributed by atoms with van der Waals surface area (Å²) in [6.45, 7) is 1.64. The van der Waals surface area contributed by atoms with E-state index in [2.05, 4.69) is 15.9 Å². The molecule has 0 atom stereocenters. The first-order valence-electron chi connectivity index (χ1n) is 5.35. The molecule has 0 bridgehead atoms. The Morgan fingerprint density at radius 2 is 2.25 bits per heavy atom. The number of hydrogen-bond acceptors (Lipinski definition) is 3. The summed E-state index contributed by atoms with van der Waals surface area (Å²) in [6, 6.07) is 1.67. The number of aliphatic hydroxyl groups excluding tert-OH is 1. The van der Waals surface area contributed by atoms with Crippen LogP contribution in [0.2, 0.25) is 0 Å². The molecule has 0 aliphatic carbocycles. The number of halogens is 1. The second-order valence-corrected chi connectivity index (χ2v) is 4.75. The van der Waals surface area contributed by atoms with E-state index in [-0.39, 0.29) is 12.5 Å². The number of rotatable bonds is 2. The Labute approximate surface area is 102 Å². The van der Waals surface area contributed by atoms with Crippen LogP contribution >= 0.6 is 15.9 Å². The number of amides is 1. The van der Waals surface area contributed by atoms with Gasteiger partial charge in [0.2, 0.25) is 0 Å². The van der Waals surface area contributed by atoms with E-state index in [1.807, 2.05) is 4.90 Å². The van der Waals surface area contributed by atoms with Gasteiger partial charge in [0.1, 0.15) is 0 Å². The third kappa shape index (κ3) is 2.30. The van der Waals surface area contributed by atoms with Crippen LogP contribution in [0.1, 0.15) is 23.2 Å². The van der Waals surface area contributed by atoms with Crippen LogP contribution in [0.25, 0.3) is 0 Å². The summed E-state index contributed by atoms with van der Waals surface area (Å²) in [4.78, 5) is 13.9. The Morgan fingerprint density at radius 3 is 2.75 bits per heavy atom. The van der Waals surface area contributed by atoms with E-state index in [4.69, 9.17) is 9.52 Å². The lowest BCUT2D eigenvalue weighted by Crippen LogP contribution is -2.39. The first-order valence-corrected chi connectivity index (χ1v) is 6.14. The van der Waals surface area contributed by atoms with Crippen molar-refractivity contribution in [2.24, 2.45) is 5.92 Å². The normalized spacial score (nSPS) is 17.8. The molecule has 1 aromatic heterocycles. The van der Waals surface area contributed by atoms with Gasteiger partial charge in [-0.15, -0.1) is 0 Å². The van der Waals surface area contributed by atoms with Crippen LogP contribution < -0.4 is 0 Å². The molecular formula is C11H14BrNO3. The molecule has 1 fully saturated rings. The molecule has 16 heavy (non-hydrogen) atoms. The molecule has 2 heterocycles. The van der Waals surface area contributed by atoms with Crippen molar-refractivity contribution in [3.05, 3.63) is 22.6 Å². The summed E-state index contributed by atoms with van der Waals surface area (Å²) in [5.41, 5.74) is 0.572. The maximum Gasteiger partial charge on any atom is 0.258 e. The van der Waals surface area contributed by atoms with Gasteiger partial charge in [-0.25, -0.2) is 0 Å². The van der Waals surface area contributed by atoms with Crippen LogP contribution in [-0.4, -0.2) is 35.6 Å². The molecular weight excluding hydrogens is 274 g/mol. The number of likely N-dealkylation sites (tertiary alicyclic amines) is 1. The topological polar surface area (TPSA) is 53.7 Å². The second kappa shape index (κ2) is 5.01. The van der Waals surface area contributed by atoms with Crippen LogP contribution in [0.4, 0.5) is 0 Å². The smallest absolute Gasteiger partial charge is 0.258 e. The van der Waals surface area contributed by atoms with Crippen LogP contribution in [0.15, 0.2) is 21.4 Å². The molecule has 0 spiro atoms. The Hall–Kier alpha value is -0.810. The fourth-order valence-corrected chi connectivity index (χ4v) is 2.34. The zero-order valence-corrected chi connectivity index (χ0v) is 10.4. The summed E-state index contributed by atoms with van der Waals surface area (Å²) >= 11 is 3.20. The molecule has 88 valence electrons.